The SMILES string of the molecule is COc1ccc([C@@H]2[C@H]3C(C)=NN=C3C[C@@](C)(O)[C@@H]2C(C)=O)cc1. The third kappa shape index (κ3) is 2.59. The lowest BCUT2D eigenvalue weighted by Crippen LogP contribution is -2.53. The minimum absolute atomic E-state index is 0.00503. The number of hydrogen-bond acceptors (Lipinski definition) is 5. The molecule has 0 unspecified atom stereocenters. The molecule has 1 fully saturated rings. The van der Waals surface area contributed by atoms with Crippen LogP contribution in [-0.4, -0.2) is 35.0 Å². The van der Waals surface area contributed by atoms with E-state index in [0.29, 0.717) is 6.42 Å². The van der Waals surface area contributed by atoms with Crippen LogP contribution >= 0.6 is 0 Å². The third-order valence-corrected chi connectivity index (χ3v) is 5.01. The lowest BCUT2D eigenvalue weighted by Gasteiger charge is -2.45. The fourth-order valence-electron chi connectivity index (χ4n) is 4.08. The van der Waals surface area contributed by atoms with Gasteiger partial charge in [-0.2, -0.15) is 10.2 Å². The van der Waals surface area contributed by atoms with Crippen molar-refractivity contribution >= 4 is 17.2 Å². The van der Waals surface area contributed by atoms with Gasteiger partial charge in [0.25, 0.3) is 0 Å². The highest BCUT2D eigenvalue weighted by Gasteiger charge is 2.53. The summed E-state index contributed by atoms with van der Waals surface area (Å²) in [5.41, 5.74) is 1.65. The van der Waals surface area contributed by atoms with Gasteiger partial charge in [0.15, 0.2) is 0 Å². The van der Waals surface area contributed by atoms with E-state index < -0.39 is 11.5 Å². The van der Waals surface area contributed by atoms with Crippen molar-refractivity contribution in [2.45, 2.75) is 38.7 Å². The first kappa shape index (κ1) is 15.9. The molecule has 3 rings (SSSR count). The van der Waals surface area contributed by atoms with Crippen LogP contribution in [0.3, 0.4) is 0 Å². The van der Waals surface area contributed by atoms with Gasteiger partial charge in [0.05, 0.1) is 24.3 Å². The number of hydrogen-bond donors (Lipinski definition) is 1. The predicted molar refractivity (Wildman–Crippen MR) is 89.2 cm³/mol. The molecule has 0 saturated heterocycles. The molecule has 0 amide bonds. The van der Waals surface area contributed by atoms with Crippen molar-refractivity contribution < 1.29 is 14.6 Å². The Morgan fingerprint density at radius 2 is 1.96 bits per heavy atom. The number of methoxy groups -OCH3 is 1. The van der Waals surface area contributed by atoms with Gasteiger partial charge in [-0.05, 0) is 38.5 Å². The van der Waals surface area contributed by atoms with Crippen LogP contribution in [0.5, 0.6) is 5.75 Å². The van der Waals surface area contributed by atoms with Crippen molar-refractivity contribution in [3.63, 3.8) is 0 Å². The smallest absolute Gasteiger partial charge is 0.136 e. The van der Waals surface area contributed by atoms with E-state index in [0.717, 1.165) is 22.7 Å². The van der Waals surface area contributed by atoms with Crippen molar-refractivity contribution in [2.75, 3.05) is 7.11 Å². The number of rotatable bonds is 3. The van der Waals surface area contributed by atoms with Crippen LogP contribution in [0.4, 0.5) is 0 Å². The lowest BCUT2D eigenvalue weighted by molar-refractivity contribution is -0.131. The monoisotopic (exact) mass is 314 g/mol. The Hall–Kier alpha value is -2.01. The molecule has 122 valence electrons. The third-order valence-electron chi connectivity index (χ3n) is 5.01. The van der Waals surface area contributed by atoms with Crippen molar-refractivity contribution in [1.82, 2.24) is 0 Å². The van der Waals surface area contributed by atoms with Gasteiger partial charge in [-0.25, -0.2) is 0 Å². The van der Waals surface area contributed by atoms with E-state index in [4.69, 9.17) is 4.74 Å². The van der Waals surface area contributed by atoms with Crippen LogP contribution < -0.4 is 4.74 Å². The number of carbonyl (C=O) groups is 1. The molecule has 0 bridgehead atoms. The van der Waals surface area contributed by atoms with E-state index in [2.05, 4.69) is 10.2 Å². The standard InChI is InChI=1S/C18H22N2O3/c1-10-15-14(20-19-10)9-18(3,22)17(11(2)21)16(15)12-5-7-13(23-4)8-6-12/h5-8,15-17,22H,9H2,1-4H3/t15-,16+,17+,18+/m0/s1. The van der Waals surface area contributed by atoms with E-state index in [1.54, 1.807) is 21.0 Å². The summed E-state index contributed by atoms with van der Waals surface area (Å²) in [4.78, 5) is 12.4. The Kier molecular flexibility index (Phi) is 3.84. The van der Waals surface area contributed by atoms with Crippen molar-refractivity contribution in [3.05, 3.63) is 29.8 Å². The summed E-state index contributed by atoms with van der Waals surface area (Å²) in [6, 6.07) is 7.69. The molecule has 0 aromatic heterocycles. The summed E-state index contributed by atoms with van der Waals surface area (Å²) in [5.74, 6) is 0.101. The Labute approximate surface area is 136 Å². The highest BCUT2D eigenvalue weighted by Crippen LogP contribution is 2.48. The zero-order valence-corrected chi connectivity index (χ0v) is 13.9. The van der Waals surface area contributed by atoms with Crippen LogP contribution in [-0.2, 0) is 4.79 Å². The van der Waals surface area contributed by atoms with Gasteiger partial charge in [0.1, 0.15) is 11.5 Å². The van der Waals surface area contributed by atoms with E-state index >= 15 is 0 Å². The minimum atomic E-state index is -1.12. The number of benzene rings is 1. The normalized spacial score (nSPS) is 32.8. The predicted octanol–water partition coefficient (Wildman–Crippen LogP) is 2.59. The second-order valence-electron chi connectivity index (χ2n) is 6.73. The zero-order valence-electron chi connectivity index (χ0n) is 13.9. The Bertz CT molecular complexity index is 689. The topological polar surface area (TPSA) is 71.2 Å². The average Bonchev–Trinajstić information content (AvgIpc) is 2.85. The number of nitrogens with zero attached hydrogens (tertiary/aromatic N) is 2. The molecule has 5 heteroatoms. The van der Waals surface area contributed by atoms with Gasteiger partial charge in [0.2, 0.25) is 0 Å². The lowest BCUT2D eigenvalue weighted by atomic mass is 9.59. The Morgan fingerprint density at radius 3 is 2.52 bits per heavy atom. The zero-order chi connectivity index (χ0) is 16.8. The van der Waals surface area contributed by atoms with Gasteiger partial charge >= 0.3 is 0 Å². The quantitative estimate of drug-likeness (QED) is 0.932. The molecule has 0 radical (unpaired) electrons. The molecule has 5 nitrogen and oxygen atoms in total. The molecule has 0 spiro atoms. The number of carbonyl (C=O) groups excluding carboxylic acids is 1. The number of ketones is 1. The summed E-state index contributed by atoms with van der Waals surface area (Å²) in [6.07, 6.45) is 0.384. The van der Waals surface area contributed by atoms with E-state index in [-0.39, 0.29) is 17.6 Å². The number of aliphatic hydroxyl groups is 1. The maximum Gasteiger partial charge on any atom is 0.136 e. The number of ether oxygens (including phenoxy) is 1. The maximum atomic E-state index is 12.4. The van der Waals surface area contributed by atoms with Crippen LogP contribution in [0.2, 0.25) is 0 Å². The van der Waals surface area contributed by atoms with Gasteiger partial charge in [-0.15, -0.1) is 0 Å². The molecule has 1 heterocycles. The van der Waals surface area contributed by atoms with Gasteiger partial charge < -0.3 is 9.84 Å². The van der Waals surface area contributed by atoms with Gasteiger partial charge in [-0.1, -0.05) is 12.1 Å². The maximum absolute atomic E-state index is 12.4. The van der Waals surface area contributed by atoms with Crippen molar-refractivity contribution in [3.8, 4) is 5.75 Å². The first-order chi connectivity index (χ1) is 10.8. The van der Waals surface area contributed by atoms with Crippen LogP contribution in [0.15, 0.2) is 34.5 Å². The molecule has 4 atom stereocenters. The van der Waals surface area contributed by atoms with Gasteiger partial charge in [0, 0.05) is 24.0 Å². The largest absolute Gasteiger partial charge is 0.497 e. The first-order valence-electron chi connectivity index (χ1n) is 7.83. The fraction of sp³-hybridized carbons (Fsp3) is 0.500. The first-order valence-corrected chi connectivity index (χ1v) is 7.83. The summed E-state index contributed by atoms with van der Waals surface area (Å²) in [7, 11) is 1.62. The summed E-state index contributed by atoms with van der Waals surface area (Å²) in [5, 5.41) is 19.3. The average molecular weight is 314 g/mol. The summed E-state index contributed by atoms with van der Waals surface area (Å²) >= 11 is 0. The van der Waals surface area contributed by atoms with E-state index in [9.17, 15) is 9.90 Å². The number of fused-ring (bicyclic) bond motifs is 1. The molecule has 1 aliphatic heterocycles. The molecular formula is C18H22N2O3. The Balaban J connectivity index is 2.11. The minimum Gasteiger partial charge on any atom is -0.497 e. The molecule has 23 heavy (non-hydrogen) atoms. The second-order valence-corrected chi connectivity index (χ2v) is 6.73. The van der Waals surface area contributed by atoms with Crippen LogP contribution in [0.25, 0.3) is 0 Å². The molecule has 1 aromatic carbocycles. The van der Waals surface area contributed by atoms with Crippen LogP contribution in [0, 0.1) is 11.8 Å². The fourth-order valence-corrected chi connectivity index (χ4v) is 4.08. The highest BCUT2D eigenvalue weighted by molar-refractivity contribution is 6.12. The summed E-state index contributed by atoms with van der Waals surface area (Å²) < 4.78 is 5.22. The highest BCUT2D eigenvalue weighted by atomic mass is 16.5. The Morgan fingerprint density at radius 1 is 1.30 bits per heavy atom. The number of Topliss-reactive ketones (excluding diaryl/α,β-unsaturated/α-hetero) is 1. The molecular weight excluding hydrogens is 292 g/mol. The molecule has 1 saturated carbocycles. The molecule has 2 aliphatic rings. The van der Waals surface area contributed by atoms with Crippen molar-refractivity contribution in [2.24, 2.45) is 22.0 Å². The van der Waals surface area contributed by atoms with Crippen molar-refractivity contribution in [1.29, 1.82) is 0 Å². The molecule has 1 aliphatic carbocycles. The van der Waals surface area contributed by atoms with Crippen LogP contribution in [0.1, 0.15) is 38.7 Å². The van der Waals surface area contributed by atoms with E-state index in [1.807, 2.05) is 31.2 Å². The summed E-state index contributed by atoms with van der Waals surface area (Å²) in [6.45, 7) is 5.22. The van der Waals surface area contributed by atoms with E-state index in [1.165, 1.54) is 0 Å². The second kappa shape index (κ2) is 5.57. The molecule has 1 aromatic rings. The molecule has 1 N–H and O–H groups in total. The van der Waals surface area contributed by atoms with Gasteiger partial charge in [-0.3, -0.25) is 4.79 Å².